The third-order valence-corrected chi connectivity index (χ3v) is 6.50. The molecule has 0 fully saturated rings. The molecule has 0 saturated heterocycles. The van der Waals surface area contributed by atoms with Crippen molar-refractivity contribution in [3.63, 3.8) is 0 Å². The van der Waals surface area contributed by atoms with Gasteiger partial charge in [-0.05, 0) is 78.7 Å². The van der Waals surface area contributed by atoms with Gasteiger partial charge in [0.1, 0.15) is 0 Å². The van der Waals surface area contributed by atoms with Gasteiger partial charge in [-0.1, -0.05) is 66.2 Å². The molecule has 0 aliphatic heterocycles. The Labute approximate surface area is 206 Å². The van der Waals surface area contributed by atoms with Crippen LogP contribution in [0.15, 0.2) is 91.1 Å². The molecular formula is C28H28ClN3S. The van der Waals surface area contributed by atoms with Crippen molar-refractivity contribution in [2.75, 3.05) is 5.32 Å². The summed E-state index contributed by atoms with van der Waals surface area (Å²) in [5.74, 6) is 0. The Bertz CT molecular complexity index is 1220. The average molecular weight is 474 g/mol. The number of thiocarbonyl (C=S) groups is 1. The Morgan fingerprint density at radius 3 is 2.36 bits per heavy atom. The van der Waals surface area contributed by atoms with Crippen molar-refractivity contribution in [1.82, 2.24) is 9.47 Å². The predicted molar refractivity (Wildman–Crippen MR) is 143 cm³/mol. The van der Waals surface area contributed by atoms with E-state index in [2.05, 4.69) is 102 Å². The monoisotopic (exact) mass is 473 g/mol. The molecule has 4 aromatic rings. The molecule has 0 bridgehead atoms. The minimum atomic E-state index is 0.701. The second kappa shape index (κ2) is 10.7. The van der Waals surface area contributed by atoms with Crippen LogP contribution in [0.5, 0.6) is 0 Å². The van der Waals surface area contributed by atoms with Gasteiger partial charge in [-0.2, -0.15) is 0 Å². The number of nitrogens with zero attached hydrogens (tertiary/aromatic N) is 2. The zero-order valence-corrected chi connectivity index (χ0v) is 20.5. The molecule has 3 aromatic carbocycles. The van der Waals surface area contributed by atoms with Crippen molar-refractivity contribution in [2.24, 2.45) is 0 Å². The lowest BCUT2D eigenvalue weighted by atomic mass is 10.1. The number of hydrogen-bond donors (Lipinski definition) is 1. The van der Waals surface area contributed by atoms with Gasteiger partial charge in [0.25, 0.3) is 0 Å². The largest absolute Gasteiger partial charge is 0.345 e. The first kappa shape index (κ1) is 23.1. The Morgan fingerprint density at radius 2 is 1.61 bits per heavy atom. The van der Waals surface area contributed by atoms with Crippen molar-refractivity contribution in [3.8, 4) is 0 Å². The number of benzene rings is 3. The molecule has 1 aromatic heterocycles. The van der Waals surface area contributed by atoms with Gasteiger partial charge in [0.15, 0.2) is 5.11 Å². The lowest BCUT2D eigenvalue weighted by molar-refractivity contribution is 0.399. The minimum absolute atomic E-state index is 0.701. The zero-order chi connectivity index (χ0) is 23.2. The van der Waals surface area contributed by atoms with E-state index in [0.29, 0.717) is 11.7 Å². The van der Waals surface area contributed by atoms with Crippen LogP contribution < -0.4 is 5.32 Å². The van der Waals surface area contributed by atoms with Crippen molar-refractivity contribution in [2.45, 2.75) is 33.5 Å². The second-order valence-corrected chi connectivity index (χ2v) is 9.10. The molecule has 33 heavy (non-hydrogen) atoms. The Hall–Kier alpha value is -3.08. The van der Waals surface area contributed by atoms with E-state index >= 15 is 0 Å². The summed E-state index contributed by atoms with van der Waals surface area (Å²) in [6.07, 6.45) is 2.12. The highest BCUT2D eigenvalue weighted by atomic mass is 35.5. The van der Waals surface area contributed by atoms with Gasteiger partial charge in [-0.3, -0.25) is 0 Å². The van der Waals surface area contributed by atoms with E-state index in [-0.39, 0.29) is 0 Å². The van der Waals surface area contributed by atoms with E-state index in [1.807, 2.05) is 18.2 Å². The van der Waals surface area contributed by atoms with E-state index in [1.165, 1.54) is 27.9 Å². The summed E-state index contributed by atoms with van der Waals surface area (Å²) in [6, 6.07) is 29.0. The highest BCUT2D eigenvalue weighted by Crippen LogP contribution is 2.20. The topological polar surface area (TPSA) is 20.2 Å². The van der Waals surface area contributed by atoms with Gasteiger partial charge in [0.2, 0.25) is 0 Å². The third kappa shape index (κ3) is 6.04. The first-order valence-corrected chi connectivity index (χ1v) is 11.8. The van der Waals surface area contributed by atoms with Crippen molar-refractivity contribution in [1.29, 1.82) is 0 Å². The minimum Gasteiger partial charge on any atom is -0.345 e. The lowest BCUT2D eigenvalue weighted by Crippen LogP contribution is -2.34. The fourth-order valence-electron chi connectivity index (χ4n) is 3.81. The fourth-order valence-corrected chi connectivity index (χ4v) is 4.18. The molecule has 0 atom stereocenters. The molecule has 4 rings (SSSR count). The molecule has 3 nitrogen and oxygen atoms in total. The summed E-state index contributed by atoms with van der Waals surface area (Å²) in [6.45, 7) is 6.46. The Kier molecular flexibility index (Phi) is 7.48. The standard InChI is InChI=1S/C28H28ClN3S/c1-21-8-6-12-27(22(21)2)30-28(33)32(19-23-9-4-3-5-10-23)20-26-11-7-17-31(26)18-24-13-15-25(29)16-14-24/h3-17H,18-20H2,1-2H3,(H,30,33). The van der Waals surface area contributed by atoms with Gasteiger partial charge < -0.3 is 14.8 Å². The van der Waals surface area contributed by atoms with E-state index in [1.54, 1.807) is 0 Å². The number of nitrogens with one attached hydrogen (secondary N) is 1. The molecule has 1 heterocycles. The first-order valence-electron chi connectivity index (χ1n) is 11.0. The number of halogens is 1. The molecule has 0 radical (unpaired) electrons. The van der Waals surface area contributed by atoms with E-state index in [0.717, 1.165) is 23.8 Å². The van der Waals surface area contributed by atoms with Crippen LogP contribution in [-0.2, 0) is 19.6 Å². The number of hydrogen-bond acceptors (Lipinski definition) is 1. The maximum Gasteiger partial charge on any atom is 0.174 e. The number of anilines is 1. The summed E-state index contributed by atoms with van der Waals surface area (Å²) >= 11 is 12.0. The van der Waals surface area contributed by atoms with E-state index < -0.39 is 0 Å². The normalized spacial score (nSPS) is 10.8. The molecule has 0 spiro atoms. The van der Waals surface area contributed by atoms with Crippen molar-refractivity contribution in [3.05, 3.63) is 124 Å². The number of aromatic nitrogens is 1. The van der Waals surface area contributed by atoms with Crippen molar-refractivity contribution >= 4 is 34.6 Å². The maximum absolute atomic E-state index is 6.06. The molecule has 0 unspecified atom stereocenters. The SMILES string of the molecule is Cc1cccc(NC(=S)N(Cc2ccccc2)Cc2cccn2Cc2ccc(Cl)cc2)c1C. The van der Waals surface area contributed by atoms with Crippen LogP contribution in [0.1, 0.15) is 27.9 Å². The van der Waals surface area contributed by atoms with Gasteiger partial charge in [0, 0.05) is 35.7 Å². The van der Waals surface area contributed by atoms with Gasteiger partial charge in [0.05, 0.1) is 6.54 Å². The molecule has 0 amide bonds. The quantitative estimate of drug-likeness (QED) is 0.286. The second-order valence-electron chi connectivity index (χ2n) is 8.27. The number of aryl methyl sites for hydroxylation is 1. The molecule has 5 heteroatoms. The third-order valence-electron chi connectivity index (χ3n) is 5.89. The van der Waals surface area contributed by atoms with Crippen molar-refractivity contribution < 1.29 is 0 Å². The van der Waals surface area contributed by atoms with Gasteiger partial charge in [-0.15, -0.1) is 0 Å². The van der Waals surface area contributed by atoms with Crippen LogP contribution in [0.2, 0.25) is 5.02 Å². The predicted octanol–water partition coefficient (Wildman–Crippen LogP) is 7.21. The molecule has 168 valence electrons. The maximum atomic E-state index is 6.06. The molecule has 0 aliphatic carbocycles. The lowest BCUT2D eigenvalue weighted by Gasteiger charge is -2.27. The Morgan fingerprint density at radius 1 is 0.848 bits per heavy atom. The molecule has 0 saturated carbocycles. The zero-order valence-electron chi connectivity index (χ0n) is 19.0. The van der Waals surface area contributed by atoms with Crippen LogP contribution in [0.3, 0.4) is 0 Å². The summed E-state index contributed by atoms with van der Waals surface area (Å²) < 4.78 is 2.27. The van der Waals surface area contributed by atoms with Crippen LogP contribution in [0.25, 0.3) is 0 Å². The van der Waals surface area contributed by atoms with Crippen LogP contribution in [-0.4, -0.2) is 14.6 Å². The first-order chi connectivity index (χ1) is 16.0. The Balaban J connectivity index is 1.56. The summed E-state index contributed by atoms with van der Waals surface area (Å²) in [5, 5.41) is 4.96. The summed E-state index contributed by atoms with van der Waals surface area (Å²) in [5.41, 5.74) is 7.14. The summed E-state index contributed by atoms with van der Waals surface area (Å²) in [7, 11) is 0. The molecular weight excluding hydrogens is 446 g/mol. The molecule has 0 aliphatic rings. The molecule has 1 N–H and O–H groups in total. The average Bonchev–Trinajstić information content (AvgIpc) is 3.25. The van der Waals surface area contributed by atoms with Crippen LogP contribution >= 0.6 is 23.8 Å². The number of rotatable bonds is 7. The summed E-state index contributed by atoms with van der Waals surface area (Å²) in [4.78, 5) is 2.22. The van der Waals surface area contributed by atoms with Crippen LogP contribution in [0, 0.1) is 13.8 Å². The van der Waals surface area contributed by atoms with E-state index in [4.69, 9.17) is 23.8 Å². The van der Waals surface area contributed by atoms with Crippen LogP contribution in [0.4, 0.5) is 5.69 Å². The van der Waals surface area contributed by atoms with E-state index in [9.17, 15) is 0 Å². The highest BCUT2D eigenvalue weighted by Gasteiger charge is 2.15. The highest BCUT2D eigenvalue weighted by molar-refractivity contribution is 7.80. The smallest absolute Gasteiger partial charge is 0.174 e. The fraction of sp³-hybridized carbons (Fsp3) is 0.179. The van der Waals surface area contributed by atoms with Gasteiger partial charge >= 0.3 is 0 Å². The van der Waals surface area contributed by atoms with Gasteiger partial charge in [-0.25, -0.2) is 0 Å².